The van der Waals surface area contributed by atoms with Crippen molar-refractivity contribution < 1.29 is 19.1 Å². The molecule has 3 atom stereocenters. The number of hydrogen-bond acceptors (Lipinski definition) is 4. The Hall–Kier alpha value is -2.92. The van der Waals surface area contributed by atoms with E-state index in [2.05, 4.69) is 0 Å². The Balaban J connectivity index is 1.86. The Morgan fingerprint density at radius 2 is 1.70 bits per heavy atom. The van der Waals surface area contributed by atoms with E-state index in [0.717, 1.165) is 17.4 Å². The van der Waals surface area contributed by atoms with Crippen LogP contribution in [0.15, 0.2) is 66.7 Å². The highest BCUT2D eigenvalue weighted by Crippen LogP contribution is 2.38. The monoisotopic (exact) mass is 449 g/mol. The molecule has 5 nitrogen and oxygen atoms in total. The fourth-order valence-corrected chi connectivity index (χ4v) is 4.27. The van der Waals surface area contributed by atoms with Crippen LogP contribution in [0.3, 0.4) is 0 Å². The van der Waals surface area contributed by atoms with Crippen LogP contribution < -0.4 is 0 Å². The molecule has 0 radical (unpaired) electrons. The Morgan fingerprint density at radius 1 is 1.09 bits per heavy atom. The number of carbonyl (C=O) groups is 2. The van der Waals surface area contributed by atoms with Gasteiger partial charge < -0.3 is 14.3 Å². The minimum atomic E-state index is -0.858. The predicted molar refractivity (Wildman–Crippen MR) is 131 cm³/mol. The molecule has 0 N–H and O–H groups in total. The van der Waals surface area contributed by atoms with Gasteiger partial charge in [-0.2, -0.15) is 0 Å². The molecule has 0 spiro atoms. The van der Waals surface area contributed by atoms with Gasteiger partial charge in [-0.3, -0.25) is 4.90 Å². The number of ether oxygens (including phenoxy) is 2. The van der Waals surface area contributed by atoms with Crippen molar-refractivity contribution in [1.29, 1.82) is 0 Å². The molecule has 1 heterocycles. The number of nitrogens with zero attached hydrogens (tertiary/aromatic N) is 1. The van der Waals surface area contributed by atoms with Gasteiger partial charge in [0.05, 0.1) is 12.1 Å². The highest BCUT2D eigenvalue weighted by atomic mass is 16.6. The molecule has 1 saturated heterocycles. The van der Waals surface area contributed by atoms with Gasteiger partial charge in [-0.25, -0.2) is 4.79 Å². The van der Waals surface area contributed by atoms with E-state index >= 15 is 0 Å². The van der Waals surface area contributed by atoms with Crippen LogP contribution in [-0.2, 0) is 20.7 Å². The van der Waals surface area contributed by atoms with E-state index in [-0.39, 0.29) is 18.1 Å². The summed E-state index contributed by atoms with van der Waals surface area (Å²) in [5, 5.41) is 0. The summed E-state index contributed by atoms with van der Waals surface area (Å²) in [6.45, 7) is 9.33. The molecule has 3 rings (SSSR count). The van der Waals surface area contributed by atoms with E-state index in [1.165, 1.54) is 0 Å². The highest BCUT2D eigenvalue weighted by molar-refractivity contribution is 5.70. The second kappa shape index (κ2) is 10.3. The third-order valence-electron chi connectivity index (χ3n) is 5.67. The van der Waals surface area contributed by atoms with Crippen LogP contribution in [0.25, 0.3) is 6.08 Å². The summed E-state index contributed by atoms with van der Waals surface area (Å²) >= 11 is 0. The Bertz CT molecular complexity index is 947. The van der Waals surface area contributed by atoms with Crippen LogP contribution in [0.1, 0.15) is 52.2 Å². The number of benzene rings is 2. The van der Waals surface area contributed by atoms with Crippen molar-refractivity contribution >= 4 is 18.5 Å². The number of rotatable bonds is 7. The molecule has 0 saturated carbocycles. The van der Waals surface area contributed by atoms with Crippen molar-refractivity contribution in [1.82, 2.24) is 4.90 Å². The first-order valence-corrected chi connectivity index (χ1v) is 11.5. The van der Waals surface area contributed by atoms with Crippen molar-refractivity contribution in [3.63, 3.8) is 0 Å². The molecule has 33 heavy (non-hydrogen) atoms. The molecule has 1 aliphatic rings. The number of allylic oxidation sites excluding steroid dienone is 1. The van der Waals surface area contributed by atoms with Gasteiger partial charge in [-0.05, 0) is 58.6 Å². The zero-order valence-electron chi connectivity index (χ0n) is 20.2. The summed E-state index contributed by atoms with van der Waals surface area (Å²) in [5.74, 6) is -0.331. The van der Waals surface area contributed by atoms with Crippen molar-refractivity contribution in [3.05, 3.63) is 77.9 Å². The van der Waals surface area contributed by atoms with Crippen molar-refractivity contribution in [2.45, 2.75) is 70.9 Å². The standard InChI is InChI=1S/C28H35NO4/c1-27(2,3)33-26(31)29-24(18-22-14-10-7-11-15-22)25(32-28(29,4)5)19-23(20-30)17-16-21-12-8-6-9-13-21/h6-17,20,23-25H,18-19H2,1-5H3/b17-16+/t23?,24-,25+/m0/s1. The SMILES string of the molecule is CC(C)(C)OC(=O)N1[C@@H](Cc2ccccc2)[C@@H](CC(C=O)/C=C/c2ccccc2)OC1(C)C. The maximum absolute atomic E-state index is 13.2. The molecule has 5 heteroatoms. The van der Waals surface area contributed by atoms with Crippen LogP contribution in [0.2, 0.25) is 0 Å². The summed E-state index contributed by atoms with van der Waals surface area (Å²) in [5.41, 5.74) is 0.660. The third-order valence-corrected chi connectivity index (χ3v) is 5.67. The van der Waals surface area contributed by atoms with Gasteiger partial charge in [0.15, 0.2) is 0 Å². The quantitative estimate of drug-likeness (QED) is 0.495. The Morgan fingerprint density at radius 3 is 2.27 bits per heavy atom. The zero-order chi connectivity index (χ0) is 24.1. The third kappa shape index (κ3) is 6.78. The Labute approximate surface area is 197 Å². The van der Waals surface area contributed by atoms with Gasteiger partial charge in [-0.1, -0.05) is 72.8 Å². The maximum Gasteiger partial charge on any atom is 0.412 e. The molecule has 176 valence electrons. The first-order valence-electron chi connectivity index (χ1n) is 11.5. The molecule has 0 aliphatic carbocycles. The van der Waals surface area contributed by atoms with E-state index in [4.69, 9.17) is 9.47 Å². The van der Waals surface area contributed by atoms with Crippen LogP contribution in [0, 0.1) is 5.92 Å². The lowest BCUT2D eigenvalue weighted by atomic mass is 9.93. The van der Waals surface area contributed by atoms with Crippen LogP contribution >= 0.6 is 0 Å². The molecular weight excluding hydrogens is 414 g/mol. The Kier molecular flexibility index (Phi) is 7.75. The lowest BCUT2D eigenvalue weighted by Gasteiger charge is -2.35. The molecule has 1 unspecified atom stereocenters. The normalized spacial score (nSPS) is 21.2. The number of aldehydes is 1. The molecule has 0 aromatic heterocycles. The van der Waals surface area contributed by atoms with Crippen molar-refractivity contribution in [2.75, 3.05) is 0 Å². The summed E-state index contributed by atoms with van der Waals surface area (Å²) in [4.78, 5) is 26.9. The highest BCUT2D eigenvalue weighted by Gasteiger charge is 2.51. The molecule has 2 aromatic carbocycles. The van der Waals surface area contributed by atoms with Gasteiger partial charge in [-0.15, -0.1) is 0 Å². The lowest BCUT2D eigenvalue weighted by molar-refractivity contribution is -0.112. The average Bonchev–Trinajstić information content (AvgIpc) is 3.00. The van der Waals surface area contributed by atoms with E-state index in [9.17, 15) is 9.59 Å². The molecule has 1 aliphatic heterocycles. The minimum Gasteiger partial charge on any atom is -0.444 e. The molecule has 1 fully saturated rings. The molecule has 0 bridgehead atoms. The van der Waals surface area contributed by atoms with E-state index in [1.807, 2.05) is 107 Å². The van der Waals surface area contributed by atoms with Gasteiger partial charge in [0, 0.05) is 5.92 Å². The van der Waals surface area contributed by atoms with Crippen LogP contribution in [0.4, 0.5) is 4.79 Å². The lowest BCUT2D eigenvalue weighted by Crippen LogP contribution is -2.51. The first kappa shape index (κ1) is 24.7. The van der Waals surface area contributed by atoms with Crippen LogP contribution in [0.5, 0.6) is 0 Å². The van der Waals surface area contributed by atoms with Crippen molar-refractivity contribution in [3.8, 4) is 0 Å². The van der Waals surface area contributed by atoms with Gasteiger partial charge in [0.1, 0.15) is 17.6 Å². The number of hydrogen-bond donors (Lipinski definition) is 0. The molecule has 2 aromatic rings. The van der Waals surface area contributed by atoms with Gasteiger partial charge >= 0.3 is 6.09 Å². The largest absolute Gasteiger partial charge is 0.444 e. The van der Waals surface area contributed by atoms with Gasteiger partial charge in [0.2, 0.25) is 0 Å². The average molecular weight is 450 g/mol. The first-order chi connectivity index (χ1) is 15.6. The van der Waals surface area contributed by atoms with Crippen molar-refractivity contribution in [2.24, 2.45) is 5.92 Å². The number of amides is 1. The topological polar surface area (TPSA) is 55.8 Å². The van der Waals surface area contributed by atoms with Crippen LogP contribution in [-0.4, -0.2) is 40.8 Å². The molecular formula is C28H35NO4. The van der Waals surface area contributed by atoms with E-state index in [1.54, 1.807) is 4.90 Å². The molecule has 1 amide bonds. The summed E-state index contributed by atoms with van der Waals surface area (Å²) in [6, 6.07) is 19.7. The second-order valence-electron chi connectivity index (χ2n) is 10.0. The van der Waals surface area contributed by atoms with Gasteiger partial charge in [0.25, 0.3) is 0 Å². The fraction of sp³-hybridized carbons (Fsp3) is 0.429. The maximum atomic E-state index is 13.2. The van der Waals surface area contributed by atoms with E-state index in [0.29, 0.717) is 12.8 Å². The second-order valence-corrected chi connectivity index (χ2v) is 10.0. The number of carbonyl (C=O) groups excluding carboxylic acids is 2. The summed E-state index contributed by atoms with van der Waals surface area (Å²) in [6.07, 6.45) is 5.19. The predicted octanol–water partition coefficient (Wildman–Crippen LogP) is 5.89. The summed E-state index contributed by atoms with van der Waals surface area (Å²) < 4.78 is 12.1. The minimum absolute atomic E-state index is 0.259. The van der Waals surface area contributed by atoms with E-state index < -0.39 is 17.4 Å². The summed E-state index contributed by atoms with van der Waals surface area (Å²) in [7, 11) is 0. The fourth-order valence-electron chi connectivity index (χ4n) is 4.27. The zero-order valence-corrected chi connectivity index (χ0v) is 20.2. The smallest absolute Gasteiger partial charge is 0.412 e.